The van der Waals surface area contributed by atoms with Gasteiger partial charge in [-0.3, -0.25) is 0 Å². The van der Waals surface area contributed by atoms with E-state index in [1.807, 2.05) is 0 Å². The maximum absolute atomic E-state index is 6.42. The number of allylic oxidation sites excluding steroid dienone is 4. The molecule has 0 aromatic carbocycles. The van der Waals surface area contributed by atoms with E-state index >= 15 is 0 Å². The molecule has 0 N–H and O–H groups in total. The van der Waals surface area contributed by atoms with Gasteiger partial charge in [0, 0.05) is 23.2 Å². The molecule has 128 valence electrons. The average molecular weight is 326 g/mol. The third-order valence-corrected chi connectivity index (χ3v) is 5.42. The fourth-order valence-electron chi connectivity index (χ4n) is 4.33. The van der Waals surface area contributed by atoms with Crippen LogP contribution in [-0.4, -0.2) is 22.4 Å². The largest absolute Gasteiger partial charge is 0.365 e. The lowest BCUT2D eigenvalue weighted by molar-refractivity contribution is 0.157. The van der Waals surface area contributed by atoms with E-state index in [9.17, 15) is 0 Å². The summed E-state index contributed by atoms with van der Waals surface area (Å²) in [7, 11) is 0. The number of likely N-dealkylation sites (tertiary alicyclic amines) is 1. The summed E-state index contributed by atoms with van der Waals surface area (Å²) in [4.78, 5) is 2.64. The number of hydrogen-bond acceptors (Lipinski definition) is 1. The van der Waals surface area contributed by atoms with Crippen molar-refractivity contribution in [2.24, 2.45) is 11.3 Å². The molecular formula is C20H36ClN. The van der Waals surface area contributed by atoms with Crippen LogP contribution in [0.25, 0.3) is 0 Å². The molecule has 1 aliphatic heterocycles. The molecule has 1 fully saturated rings. The Balaban J connectivity index is 3.45. The van der Waals surface area contributed by atoms with E-state index in [0.717, 1.165) is 6.42 Å². The zero-order valence-electron chi connectivity index (χ0n) is 16.2. The Morgan fingerprint density at radius 2 is 1.77 bits per heavy atom. The number of nitrogens with zero attached hydrogens (tertiary/aromatic N) is 1. The summed E-state index contributed by atoms with van der Waals surface area (Å²) in [6.45, 7) is 20.8. The van der Waals surface area contributed by atoms with Crippen molar-refractivity contribution in [2.45, 2.75) is 86.7 Å². The molecule has 0 radical (unpaired) electrons. The maximum Gasteiger partial charge on any atom is 0.0479 e. The Morgan fingerprint density at radius 1 is 1.23 bits per heavy atom. The maximum atomic E-state index is 6.42. The highest BCUT2D eigenvalue weighted by Crippen LogP contribution is 2.50. The monoisotopic (exact) mass is 325 g/mol. The van der Waals surface area contributed by atoms with E-state index in [2.05, 4.69) is 73.3 Å². The van der Waals surface area contributed by atoms with E-state index in [1.165, 1.54) is 23.3 Å². The summed E-state index contributed by atoms with van der Waals surface area (Å²) in [5, 5.41) is 0. The molecule has 0 amide bonds. The molecule has 1 heterocycles. The summed E-state index contributed by atoms with van der Waals surface area (Å²) in [5.41, 5.74) is 4.70. The highest BCUT2D eigenvalue weighted by atomic mass is 35.5. The fourth-order valence-corrected chi connectivity index (χ4v) is 4.89. The van der Waals surface area contributed by atoms with E-state index in [4.69, 9.17) is 11.6 Å². The molecule has 1 saturated heterocycles. The van der Waals surface area contributed by atoms with Gasteiger partial charge < -0.3 is 4.90 Å². The van der Waals surface area contributed by atoms with Crippen LogP contribution in [0.15, 0.2) is 22.9 Å². The predicted molar refractivity (Wildman–Crippen MR) is 100 cm³/mol. The van der Waals surface area contributed by atoms with Gasteiger partial charge in [-0.1, -0.05) is 46.3 Å². The zero-order valence-corrected chi connectivity index (χ0v) is 16.9. The smallest absolute Gasteiger partial charge is 0.0479 e. The minimum atomic E-state index is 0.151. The molecule has 0 aromatic rings. The summed E-state index contributed by atoms with van der Waals surface area (Å²) in [6, 6.07) is 0.395. The van der Waals surface area contributed by atoms with Crippen LogP contribution in [0, 0.1) is 11.3 Å². The second-order valence-electron chi connectivity index (χ2n) is 8.59. The molecular weight excluding hydrogens is 290 g/mol. The normalized spacial score (nSPS) is 25.7. The van der Waals surface area contributed by atoms with E-state index < -0.39 is 0 Å². The van der Waals surface area contributed by atoms with Gasteiger partial charge in [0.25, 0.3) is 0 Å². The van der Waals surface area contributed by atoms with Crippen LogP contribution in [0.3, 0.4) is 0 Å². The van der Waals surface area contributed by atoms with Crippen LogP contribution in [0.1, 0.15) is 75.2 Å². The zero-order chi connectivity index (χ0) is 17.3. The average Bonchev–Trinajstić information content (AvgIpc) is 2.53. The highest BCUT2D eigenvalue weighted by molar-refractivity contribution is 6.18. The molecule has 22 heavy (non-hydrogen) atoms. The minimum absolute atomic E-state index is 0.151. The lowest BCUT2D eigenvalue weighted by Gasteiger charge is -2.43. The summed E-state index contributed by atoms with van der Waals surface area (Å²) < 4.78 is 0. The first kappa shape index (κ1) is 19.6. The van der Waals surface area contributed by atoms with Crippen molar-refractivity contribution in [3.05, 3.63) is 22.9 Å². The lowest BCUT2D eigenvalue weighted by Crippen LogP contribution is -2.46. The predicted octanol–water partition coefficient (Wildman–Crippen LogP) is 6.39. The van der Waals surface area contributed by atoms with Gasteiger partial charge in [0.2, 0.25) is 0 Å². The number of alkyl halides is 1. The second kappa shape index (κ2) is 6.99. The van der Waals surface area contributed by atoms with E-state index in [1.54, 1.807) is 0 Å². The van der Waals surface area contributed by atoms with Crippen molar-refractivity contribution in [3.63, 3.8) is 0 Å². The number of rotatable bonds is 5. The summed E-state index contributed by atoms with van der Waals surface area (Å²) in [5.74, 6) is 1.19. The van der Waals surface area contributed by atoms with Crippen molar-refractivity contribution in [1.29, 1.82) is 0 Å². The van der Waals surface area contributed by atoms with Gasteiger partial charge in [0.15, 0.2) is 0 Å². The Kier molecular flexibility index (Phi) is 6.23. The van der Waals surface area contributed by atoms with E-state index in [0.29, 0.717) is 17.8 Å². The Morgan fingerprint density at radius 3 is 2.18 bits per heavy atom. The Labute approximate surface area is 143 Å². The lowest BCUT2D eigenvalue weighted by atomic mass is 9.82. The molecule has 0 aliphatic carbocycles. The molecule has 1 aliphatic rings. The fraction of sp³-hybridized carbons (Fsp3) is 0.800. The van der Waals surface area contributed by atoms with Crippen molar-refractivity contribution in [2.75, 3.05) is 5.88 Å². The van der Waals surface area contributed by atoms with E-state index in [-0.39, 0.29) is 11.0 Å². The SMILES string of the molecule is CC/C(C)=C\C(C)=C(/C(C)C)N1C(CCl)C(C)(C)CC1(C)C. The molecule has 1 unspecified atom stereocenters. The Hall–Kier alpha value is -0.430. The third-order valence-electron chi connectivity index (χ3n) is 5.13. The first-order chi connectivity index (χ1) is 9.97. The second-order valence-corrected chi connectivity index (χ2v) is 8.89. The van der Waals surface area contributed by atoms with Gasteiger partial charge in [0.05, 0.1) is 0 Å². The van der Waals surface area contributed by atoms with Crippen molar-refractivity contribution < 1.29 is 0 Å². The van der Waals surface area contributed by atoms with Crippen LogP contribution >= 0.6 is 11.6 Å². The molecule has 2 heteroatoms. The topological polar surface area (TPSA) is 3.24 Å². The minimum Gasteiger partial charge on any atom is -0.365 e. The third kappa shape index (κ3) is 3.91. The van der Waals surface area contributed by atoms with Crippen molar-refractivity contribution in [3.8, 4) is 0 Å². The van der Waals surface area contributed by atoms with Crippen LogP contribution < -0.4 is 0 Å². The molecule has 0 spiro atoms. The van der Waals surface area contributed by atoms with Crippen molar-refractivity contribution >= 4 is 11.6 Å². The molecule has 0 aromatic heterocycles. The van der Waals surface area contributed by atoms with Crippen LogP contribution in [0.2, 0.25) is 0 Å². The van der Waals surface area contributed by atoms with Gasteiger partial charge in [-0.15, -0.1) is 11.6 Å². The Bertz CT molecular complexity index is 454. The molecule has 0 saturated carbocycles. The molecule has 1 nitrogen and oxygen atoms in total. The van der Waals surface area contributed by atoms with Gasteiger partial charge in [-0.2, -0.15) is 0 Å². The van der Waals surface area contributed by atoms with Crippen LogP contribution in [-0.2, 0) is 0 Å². The first-order valence-corrected chi connectivity index (χ1v) is 9.24. The number of halogens is 1. The molecule has 1 rings (SSSR count). The van der Waals surface area contributed by atoms with Gasteiger partial charge in [0.1, 0.15) is 0 Å². The molecule has 0 bridgehead atoms. The van der Waals surface area contributed by atoms with Gasteiger partial charge in [-0.05, 0) is 57.4 Å². The first-order valence-electron chi connectivity index (χ1n) is 8.71. The summed E-state index contributed by atoms with van der Waals surface area (Å²) in [6.07, 6.45) is 4.65. The van der Waals surface area contributed by atoms with Crippen LogP contribution in [0.5, 0.6) is 0 Å². The number of hydrogen-bond donors (Lipinski definition) is 0. The van der Waals surface area contributed by atoms with Gasteiger partial charge >= 0.3 is 0 Å². The van der Waals surface area contributed by atoms with Crippen molar-refractivity contribution in [1.82, 2.24) is 4.90 Å². The molecule has 1 atom stereocenters. The standard InChI is InChI=1S/C20H36ClN/c1-10-15(4)11-16(5)18(14(2)3)22-17(12-21)19(6,7)13-20(22,8)9/h11,14,17H,10,12-13H2,1-9H3/b15-11-,18-16+. The van der Waals surface area contributed by atoms with Gasteiger partial charge in [-0.25, -0.2) is 0 Å². The van der Waals surface area contributed by atoms with Crippen LogP contribution in [0.4, 0.5) is 0 Å². The summed E-state index contributed by atoms with van der Waals surface area (Å²) >= 11 is 6.42. The highest BCUT2D eigenvalue weighted by Gasteiger charge is 2.51. The quantitative estimate of drug-likeness (QED) is 0.418.